The minimum Gasteiger partial charge on any atom is -0.435 e. The van der Waals surface area contributed by atoms with Crippen molar-refractivity contribution in [3.05, 3.63) is 24.4 Å². The molecule has 90 valence electrons. The summed E-state index contributed by atoms with van der Waals surface area (Å²) in [4.78, 5) is 0. The molecule has 0 unspecified atom stereocenters. The highest BCUT2D eigenvalue weighted by atomic mass is 19.3. The summed E-state index contributed by atoms with van der Waals surface area (Å²) in [5.41, 5.74) is 0.971. The van der Waals surface area contributed by atoms with Crippen LogP contribution in [0.5, 0.6) is 5.75 Å². The molecule has 1 heterocycles. The summed E-state index contributed by atoms with van der Waals surface area (Å²) >= 11 is 0. The summed E-state index contributed by atoms with van der Waals surface area (Å²) in [5, 5.41) is 5.11. The number of aromatic nitrogens is 2. The fourth-order valence-corrected chi connectivity index (χ4v) is 1.93. The van der Waals surface area contributed by atoms with Crippen molar-refractivity contribution in [3.63, 3.8) is 0 Å². The molecule has 0 aliphatic heterocycles. The minimum atomic E-state index is -2.78. The first-order valence-corrected chi connectivity index (χ1v) is 5.63. The van der Waals surface area contributed by atoms with E-state index >= 15 is 0 Å². The van der Waals surface area contributed by atoms with E-state index < -0.39 is 6.61 Å². The van der Waals surface area contributed by atoms with Gasteiger partial charge in [0.05, 0.1) is 11.7 Å². The van der Waals surface area contributed by atoms with Crippen LogP contribution in [0.2, 0.25) is 0 Å². The minimum absolute atomic E-state index is 0.179. The van der Waals surface area contributed by atoms with Crippen LogP contribution in [0.1, 0.15) is 12.8 Å². The smallest absolute Gasteiger partial charge is 0.387 e. The van der Waals surface area contributed by atoms with E-state index in [9.17, 15) is 8.78 Å². The van der Waals surface area contributed by atoms with Crippen molar-refractivity contribution in [2.45, 2.75) is 26.0 Å². The molecule has 1 aliphatic rings. The van der Waals surface area contributed by atoms with Crippen LogP contribution in [-0.2, 0) is 6.54 Å². The van der Waals surface area contributed by atoms with Crippen molar-refractivity contribution in [1.29, 1.82) is 0 Å². The predicted octanol–water partition coefficient (Wildman–Crippen LogP) is 3.05. The Bertz CT molecular complexity index is 534. The monoisotopic (exact) mass is 238 g/mol. The van der Waals surface area contributed by atoms with Gasteiger partial charge in [0.1, 0.15) is 5.75 Å². The maximum atomic E-state index is 12.1. The number of hydrogen-bond acceptors (Lipinski definition) is 2. The molecule has 1 saturated carbocycles. The van der Waals surface area contributed by atoms with Gasteiger partial charge in [0.25, 0.3) is 0 Å². The molecule has 3 nitrogen and oxygen atoms in total. The van der Waals surface area contributed by atoms with Gasteiger partial charge < -0.3 is 4.74 Å². The van der Waals surface area contributed by atoms with Crippen LogP contribution in [0.25, 0.3) is 10.9 Å². The molecule has 5 heteroatoms. The summed E-state index contributed by atoms with van der Waals surface area (Å²) in [7, 11) is 0. The number of halogens is 2. The van der Waals surface area contributed by atoms with Gasteiger partial charge in [0, 0.05) is 11.9 Å². The third-order valence-electron chi connectivity index (χ3n) is 2.97. The first kappa shape index (κ1) is 10.5. The Hall–Kier alpha value is -1.65. The number of nitrogens with zero attached hydrogens (tertiary/aromatic N) is 2. The lowest BCUT2D eigenvalue weighted by Crippen LogP contribution is -2.02. The molecule has 0 radical (unpaired) electrons. The number of ether oxygens (including phenoxy) is 1. The fourth-order valence-electron chi connectivity index (χ4n) is 1.93. The Kier molecular flexibility index (Phi) is 2.46. The van der Waals surface area contributed by atoms with Crippen LogP contribution < -0.4 is 4.74 Å². The summed E-state index contributed by atoms with van der Waals surface area (Å²) in [6, 6.07) is 4.93. The van der Waals surface area contributed by atoms with E-state index in [2.05, 4.69) is 9.84 Å². The highest BCUT2D eigenvalue weighted by Crippen LogP contribution is 2.32. The summed E-state index contributed by atoms with van der Waals surface area (Å²) in [6.45, 7) is -1.87. The molecular formula is C12H12F2N2O. The summed E-state index contributed by atoms with van der Waals surface area (Å²) < 4.78 is 30.4. The van der Waals surface area contributed by atoms with Crippen molar-refractivity contribution in [1.82, 2.24) is 9.78 Å². The van der Waals surface area contributed by atoms with Gasteiger partial charge in [-0.3, -0.25) is 4.68 Å². The van der Waals surface area contributed by atoms with Gasteiger partial charge >= 0.3 is 6.61 Å². The first-order chi connectivity index (χ1) is 8.22. The van der Waals surface area contributed by atoms with Gasteiger partial charge in [-0.25, -0.2) is 0 Å². The van der Waals surface area contributed by atoms with E-state index in [4.69, 9.17) is 0 Å². The summed E-state index contributed by atoms with van der Waals surface area (Å²) in [5.74, 6) is 0.911. The molecule has 3 rings (SSSR count). The first-order valence-electron chi connectivity index (χ1n) is 5.63. The second-order valence-electron chi connectivity index (χ2n) is 4.37. The maximum Gasteiger partial charge on any atom is 0.387 e. The Morgan fingerprint density at radius 2 is 2.24 bits per heavy atom. The lowest BCUT2D eigenvalue weighted by Gasteiger charge is -2.05. The maximum absolute atomic E-state index is 12.1. The Labute approximate surface area is 97.0 Å². The highest BCUT2D eigenvalue weighted by Gasteiger charge is 2.22. The molecular weight excluding hydrogens is 226 g/mol. The number of hydrogen-bond donors (Lipinski definition) is 0. The SMILES string of the molecule is FC(F)Oc1ccc2c(cnn2CC2CC2)c1. The second kappa shape index (κ2) is 3.98. The molecule has 1 aromatic carbocycles. The van der Waals surface area contributed by atoms with Crippen LogP contribution in [0, 0.1) is 5.92 Å². The van der Waals surface area contributed by atoms with Crippen molar-refractivity contribution in [3.8, 4) is 5.75 Å². The molecule has 0 amide bonds. The van der Waals surface area contributed by atoms with Crippen LogP contribution in [0.4, 0.5) is 8.78 Å². The largest absolute Gasteiger partial charge is 0.435 e. The van der Waals surface area contributed by atoms with Crippen LogP contribution in [0.15, 0.2) is 24.4 Å². The van der Waals surface area contributed by atoms with Crippen molar-refractivity contribution in [2.24, 2.45) is 5.92 Å². The summed E-state index contributed by atoms with van der Waals surface area (Å²) in [6.07, 6.45) is 4.21. The van der Waals surface area contributed by atoms with Gasteiger partial charge in [0.2, 0.25) is 0 Å². The molecule has 0 bridgehead atoms. The molecule has 17 heavy (non-hydrogen) atoms. The van der Waals surface area contributed by atoms with Crippen molar-refractivity contribution in [2.75, 3.05) is 0 Å². The molecule has 2 aromatic rings. The van der Waals surface area contributed by atoms with Crippen molar-refractivity contribution >= 4 is 10.9 Å². The van der Waals surface area contributed by atoms with E-state index in [1.165, 1.54) is 12.8 Å². The Balaban J connectivity index is 1.89. The lowest BCUT2D eigenvalue weighted by atomic mass is 10.2. The Morgan fingerprint density at radius 3 is 2.94 bits per heavy atom. The van der Waals surface area contributed by atoms with Crippen LogP contribution >= 0.6 is 0 Å². The number of fused-ring (bicyclic) bond motifs is 1. The molecule has 0 atom stereocenters. The predicted molar refractivity (Wildman–Crippen MR) is 59.1 cm³/mol. The van der Waals surface area contributed by atoms with Gasteiger partial charge in [-0.15, -0.1) is 0 Å². The molecule has 1 fully saturated rings. The molecule has 1 aliphatic carbocycles. The number of rotatable bonds is 4. The van der Waals surface area contributed by atoms with Crippen LogP contribution in [-0.4, -0.2) is 16.4 Å². The number of alkyl halides is 2. The normalized spacial score (nSPS) is 15.7. The molecule has 0 spiro atoms. The Morgan fingerprint density at radius 1 is 1.41 bits per heavy atom. The van der Waals surface area contributed by atoms with E-state index in [0.717, 1.165) is 23.4 Å². The van der Waals surface area contributed by atoms with E-state index in [1.807, 2.05) is 4.68 Å². The molecule has 0 N–H and O–H groups in total. The topological polar surface area (TPSA) is 27.1 Å². The van der Waals surface area contributed by atoms with Crippen LogP contribution in [0.3, 0.4) is 0 Å². The second-order valence-corrected chi connectivity index (χ2v) is 4.37. The van der Waals surface area contributed by atoms with E-state index in [0.29, 0.717) is 0 Å². The third kappa shape index (κ3) is 2.23. The zero-order valence-corrected chi connectivity index (χ0v) is 9.14. The van der Waals surface area contributed by atoms with Crippen molar-refractivity contribution < 1.29 is 13.5 Å². The zero-order valence-electron chi connectivity index (χ0n) is 9.14. The lowest BCUT2D eigenvalue weighted by molar-refractivity contribution is -0.0497. The fraction of sp³-hybridized carbons (Fsp3) is 0.417. The molecule has 1 aromatic heterocycles. The van der Waals surface area contributed by atoms with Gasteiger partial charge in [-0.05, 0) is 37.0 Å². The van der Waals surface area contributed by atoms with Gasteiger partial charge in [-0.1, -0.05) is 0 Å². The number of benzene rings is 1. The average molecular weight is 238 g/mol. The highest BCUT2D eigenvalue weighted by molar-refractivity contribution is 5.80. The average Bonchev–Trinajstić information content (AvgIpc) is 3.00. The standard InChI is InChI=1S/C12H12F2N2O/c13-12(14)17-10-3-4-11-9(5-10)6-15-16(11)7-8-1-2-8/h3-6,8,12H,1-2,7H2. The van der Waals surface area contributed by atoms with Gasteiger partial charge in [0.15, 0.2) is 0 Å². The van der Waals surface area contributed by atoms with E-state index in [1.54, 1.807) is 24.4 Å². The zero-order chi connectivity index (χ0) is 11.8. The third-order valence-corrected chi connectivity index (χ3v) is 2.97. The van der Waals surface area contributed by atoms with Gasteiger partial charge in [-0.2, -0.15) is 13.9 Å². The van der Waals surface area contributed by atoms with E-state index in [-0.39, 0.29) is 5.75 Å². The quantitative estimate of drug-likeness (QED) is 0.818. The molecule has 0 saturated heterocycles.